The van der Waals surface area contributed by atoms with Gasteiger partial charge in [-0.05, 0) is 44.1 Å². The Kier molecular flexibility index (Phi) is 4.15. The van der Waals surface area contributed by atoms with Crippen molar-refractivity contribution in [2.45, 2.75) is 18.3 Å². The zero-order chi connectivity index (χ0) is 13.2. The van der Waals surface area contributed by atoms with Crippen molar-refractivity contribution in [3.63, 3.8) is 0 Å². The summed E-state index contributed by atoms with van der Waals surface area (Å²) in [6, 6.07) is 5.82. The van der Waals surface area contributed by atoms with Crippen molar-refractivity contribution in [2.75, 3.05) is 33.9 Å². The van der Waals surface area contributed by atoms with Gasteiger partial charge in [0.1, 0.15) is 5.75 Å². The Morgan fingerprint density at radius 2 is 2.28 bits per heavy atom. The standard InChI is InChI=1S/C14H20ClNO2/c1-16-7-3-6-14(9-16,10-17)11-4-5-13(18-2)12(15)8-11/h4-5,8,17H,3,6-7,9-10H2,1-2H3. The van der Waals surface area contributed by atoms with E-state index in [1.165, 1.54) is 0 Å². The molecular formula is C14H20ClNO2. The number of benzene rings is 1. The molecule has 1 heterocycles. The minimum absolute atomic E-state index is 0.153. The molecule has 1 aliphatic rings. The highest BCUT2D eigenvalue weighted by molar-refractivity contribution is 6.32. The van der Waals surface area contributed by atoms with Crippen LogP contribution in [0.2, 0.25) is 5.02 Å². The molecule has 0 amide bonds. The number of likely N-dealkylation sites (N-methyl/N-ethyl adjacent to an activating group) is 1. The molecule has 0 aliphatic carbocycles. The fourth-order valence-corrected chi connectivity index (χ4v) is 3.07. The predicted molar refractivity (Wildman–Crippen MR) is 73.5 cm³/mol. The van der Waals surface area contributed by atoms with E-state index in [1.807, 2.05) is 18.2 Å². The second-order valence-corrected chi connectivity index (χ2v) is 5.54. The van der Waals surface area contributed by atoms with Crippen LogP contribution in [0.4, 0.5) is 0 Å². The minimum Gasteiger partial charge on any atom is -0.495 e. The molecule has 0 aromatic heterocycles. The Morgan fingerprint density at radius 1 is 1.50 bits per heavy atom. The molecule has 1 fully saturated rings. The lowest BCUT2D eigenvalue weighted by molar-refractivity contribution is 0.105. The zero-order valence-corrected chi connectivity index (χ0v) is 11.7. The number of ether oxygens (including phenoxy) is 1. The third kappa shape index (κ3) is 2.48. The summed E-state index contributed by atoms with van der Waals surface area (Å²) in [7, 11) is 3.70. The van der Waals surface area contributed by atoms with Crippen LogP contribution < -0.4 is 4.74 Å². The van der Waals surface area contributed by atoms with E-state index in [2.05, 4.69) is 11.9 Å². The Balaban J connectivity index is 2.35. The minimum atomic E-state index is -0.192. The number of aliphatic hydroxyl groups excluding tert-OH is 1. The average molecular weight is 270 g/mol. The first kappa shape index (κ1) is 13.7. The summed E-state index contributed by atoms with van der Waals surface area (Å²) >= 11 is 6.18. The molecule has 2 rings (SSSR count). The average Bonchev–Trinajstić information content (AvgIpc) is 2.38. The summed E-state index contributed by atoms with van der Waals surface area (Å²) in [6.45, 7) is 2.11. The first-order chi connectivity index (χ1) is 8.61. The van der Waals surface area contributed by atoms with Crippen molar-refractivity contribution in [1.29, 1.82) is 0 Å². The Bertz CT molecular complexity index is 424. The first-order valence-corrected chi connectivity index (χ1v) is 6.62. The van der Waals surface area contributed by atoms with E-state index < -0.39 is 0 Å². The first-order valence-electron chi connectivity index (χ1n) is 6.25. The molecule has 1 aromatic carbocycles. The van der Waals surface area contributed by atoms with E-state index in [4.69, 9.17) is 16.3 Å². The van der Waals surface area contributed by atoms with Crippen LogP contribution in [0.15, 0.2) is 18.2 Å². The molecule has 18 heavy (non-hydrogen) atoms. The number of methoxy groups -OCH3 is 1. The van der Waals surface area contributed by atoms with Crippen molar-refractivity contribution in [2.24, 2.45) is 0 Å². The van der Waals surface area contributed by atoms with Gasteiger partial charge in [-0.2, -0.15) is 0 Å². The molecular weight excluding hydrogens is 250 g/mol. The quantitative estimate of drug-likeness (QED) is 0.914. The van der Waals surface area contributed by atoms with Gasteiger partial charge in [0, 0.05) is 12.0 Å². The second kappa shape index (κ2) is 5.47. The fourth-order valence-electron chi connectivity index (χ4n) is 2.81. The number of hydrogen-bond donors (Lipinski definition) is 1. The van der Waals surface area contributed by atoms with E-state index in [-0.39, 0.29) is 12.0 Å². The monoisotopic (exact) mass is 269 g/mol. The third-order valence-electron chi connectivity index (χ3n) is 3.83. The molecule has 1 unspecified atom stereocenters. The number of halogens is 1. The molecule has 1 N–H and O–H groups in total. The lowest BCUT2D eigenvalue weighted by Crippen LogP contribution is -2.46. The van der Waals surface area contributed by atoms with Crippen LogP contribution in [0.3, 0.4) is 0 Å². The molecule has 0 radical (unpaired) electrons. The number of piperidine rings is 1. The van der Waals surface area contributed by atoms with Gasteiger partial charge in [-0.1, -0.05) is 17.7 Å². The fraction of sp³-hybridized carbons (Fsp3) is 0.571. The Hall–Kier alpha value is -0.770. The van der Waals surface area contributed by atoms with Crippen molar-refractivity contribution >= 4 is 11.6 Å². The largest absolute Gasteiger partial charge is 0.495 e. The van der Waals surface area contributed by atoms with E-state index in [9.17, 15) is 5.11 Å². The summed E-state index contributed by atoms with van der Waals surface area (Å²) in [4.78, 5) is 2.26. The summed E-state index contributed by atoms with van der Waals surface area (Å²) in [5.41, 5.74) is 0.908. The maximum absolute atomic E-state index is 9.83. The van der Waals surface area contributed by atoms with Crippen LogP contribution in [-0.4, -0.2) is 43.9 Å². The highest BCUT2D eigenvalue weighted by Crippen LogP contribution is 2.36. The number of rotatable bonds is 3. The van der Waals surface area contributed by atoms with Crippen LogP contribution in [0.25, 0.3) is 0 Å². The summed E-state index contributed by atoms with van der Waals surface area (Å²) < 4.78 is 5.17. The zero-order valence-electron chi connectivity index (χ0n) is 10.9. The molecule has 1 aromatic rings. The highest BCUT2D eigenvalue weighted by Gasteiger charge is 2.35. The van der Waals surface area contributed by atoms with E-state index in [0.29, 0.717) is 10.8 Å². The van der Waals surface area contributed by atoms with E-state index in [0.717, 1.165) is 31.5 Å². The van der Waals surface area contributed by atoms with Crippen molar-refractivity contribution in [1.82, 2.24) is 4.90 Å². The molecule has 1 saturated heterocycles. The summed E-state index contributed by atoms with van der Waals surface area (Å²) in [5, 5.41) is 10.4. The molecule has 1 aliphatic heterocycles. The van der Waals surface area contributed by atoms with Crippen molar-refractivity contribution < 1.29 is 9.84 Å². The van der Waals surface area contributed by atoms with Gasteiger partial charge in [-0.15, -0.1) is 0 Å². The van der Waals surface area contributed by atoms with Gasteiger partial charge in [-0.25, -0.2) is 0 Å². The van der Waals surface area contributed by atoms with Crippen LogP contribution in [-0.2, 0) is 5.41 Å². The van der Waals surface area contributed by atoms with E-state index in [1.54, 1.807) is 7.11 Å². The molecule has 1 atom stereocenters. The van der Waals surface area contributed by atoms with Crippen molar-refractivity contribution in [3.05, 3.63) is 28.8 Å². The molecule has 0 bridgehead atoms. The van der Waals surface area contributed by atoms with Crippen LogP contribution in [0.1, 0.15) is 18.4 Å². The maximum Gasteiger partial charge on any atom is 0.137 e. The topological polar surface area (TPSA) is 32.7 Å². The third-order valence-corrected chi connectivity index (χ3v) is 4.13. The molecule has 0 spiro atoms. The summed E-state index contributed by atoms with van der Waals surface area (Å²) in [6.07, 6.45) is 2.09. The maximum atomic E-state index is 9.83. The smallest absolute Gasteiger partial charge is 0.137 e. The van der Waals surface area contributed by atoms with Gasteiger partial charge < -0.3 is 14.7 Å². The number of nitrogens with zero attached hydrogens (tertiary/aromatic N) is 1. The van der Waals surface area contributed by atoms with E-state index >= 15 is 0 Å². The Morgan fingerprint density at radius 3 is 2.83 bits per heavy atom. The normalized spacial score (nSPS) is 25.1. The van der Waals surface area contributed by atoms with Gasteiger partial charge in [0.2, 0.25) is 0 Å². The highest BCUT2D eigenvalue weighted by atomic mass is 35.5. The number of aliphatic hydroxyl groups is 1. The molecule has 4 heteroatoms. The predicted octanol–water partition coefficient (Wildman–Crippen LogP) is 2.30. The SMILES string of the molecule is COc1ccc(C2(CO)CCCN(C)C2)cc1Cl. The summed E-state index contributed by atoms with van der Waals surface area (Å²) in [5.74, 6) is 0.678. The van der Waals surface area contributed by atoms with Gasteiger partial charge >= 0.3 is 0 Å². The van der Waals surface area contributed by atoms with Gasteiger partial charge in [0.05, 0.1) is 18.7 Å². The van der Waals surface area contributed by atoms with Gasteiger partial charge in [0.25, 0.3) is 0 Å². The van der Waals surface area contributed by atoms with Gasteiger partial charge in [-0.3, -0.25) is 0 Å². The molecule has 0 saturated carbocycles. The van der Waals surface area contributed by atoms with Gasteiger partial charge in [0.15, 0.2) is 0 Å². The number of likely N-dealkylation sites (tertiary alicyclic amines) is 1. The molecule has 100 valence electrons. The molecule has 3 nitrogen and oxygen atoms in total. The second-order valence-electron chi connectivity index (χ2n) is 5.13. The van der Waals surface area contributed by atoms with Crippen molar-refractivity contribution in [3.8, 4) is 5.75 Å². The Labute approximate surface area is 113 Å². The number of hydrogen-bond acceptors (Lipinski definition) is 3. The lowest BCUT2D eigenvalue weighted by atomic mass is 9.75. The van der Waals surface area contributed by atoms with Crippen LogP contribution in [0.5, 0.6) is 5.75 Å². The van der Waals surface area contributed by atoms with Crippen LogP contribution in [0, 0.1) is 0 Å². The van der Waals surface area contributed by atoms with Crippen LogP contribution >= 0.6 is 11.6 Å². The lowest BCUT2D eigenvalue weighted by Gasteiger charge is -2.40.